The van der Waals surface area contributed by atoms with E-state index in [1.807, 2.05) is 36.9 Å². The number of pyridine rings is 1. The molecule has 4 heterocycles. The molecule has 8 heteroatoms. The summed E-state index contributed by atoms with van der Waals surface area (Å²) in [4.78, 5) is 23.2. The lowest BCUT2D eigenvalue weighted by Gasteiger charge is -2.36. The first-order valence-corrected chi connectivity index (χ1v) is 11.3. The Balaban J connectivity index is 1.36. The van der Waals surface area contributed by atoms with Crippen LogP contribution in [0.5, 0.6) is 0 Å². The molecule has 0 bridgehead atoms. The molecule has 32 heavy (non-hydrogen) atoms. The van der Waals surface area contributed by atoms with Gasteiger partial charge < -0.3 is 19.7 Å². The molecule has 1 saturated heterocycles. The van der Waals surface area contributed by atoms with E-state index in [2.05, 4.69) is 68.6 Å². The Bertz CT molecular complexity index is 1220. The molecule has 1 fully saturated rings. The largest absolute Gasteiger partial charge is 0.370 e. The fraction of sp³-hybridized carbons (Fsp3) is 0.417. The van der Waals surface area contributed by atoms with Gasteiger partial charge in [0.25, 0.3) is 0 Å². The third-order valence-corrected chi connectivity index (χ3v) is 6.39. The van der Waals surface area contributed by atoms with Crippen molar-refractivity contribution in [2.75, 3.05) is 37.4 Å². The van der Waals surface area contributed by atoms with Gasteiger partial charge in [0.05, 0.1) is 29.2 Å². The van der Waals surface area contributed by atoms with Crippen LogP contribution in [0, 0.1) is 0 Å². The molecule has 0 spiro atoms. The zero-order chi connectivity index (χ0) is 22.2. The molecule has 1 aliphatic heterocycles. The number of rotatable bonds is 5. The minimum Gasteiger partial charge on any atom is -0.370 e. The van der Waals surface area contributed by atoms with Gasteiger partial charge in [-0.1, -0.05) is 0 Å². The fourth-order valence-electron chi connectivity index (χ4n) is 4.47. The van der Waals surface area contributed by atoms with E-state index in [1.165, 1.54) is 12.8 Å². The number of benzene rings is 1. The Kier molecular flexibility index (Phi) is 5.38. The number of hydrogen-bond acceptors (Lipinski definition) is 7. The molecule has 5 rings (SSSR count). The molecule has 1 N–H and O–H groups in total. The second kappa shape index (κ2) is 8.35. The van der Waals surface area contributed by atoms with E-state index in [1.54, 1.807) is 0 Å². The van der Waals surface area contributed by atoms with E-state index in [9.17, 15) is 0 Å². The van der Waals surface area contributed by atoms with E-state index in [0.29, 0.717) is 18.0 Å². The summed E-state index contributed by atoms with van der Waals surface area (Å²) in [6.45, 7) is 6.42. The monoisotopic (exact) mass is 430 g/mol. The molecule has 1 aromatic carbocycles. The van der Waals surface area contributed by atoms with Gasteiger partial charge in [-0.15, -0.1) is 0 Å². The van der Waals surface area contributed by atoms with Gasteiger partial charge in [-0.05, 0) is 65.0 Å². The summed E-state index contributed by atoms with van der Waals surface area (Å²) in [7, 11) is 4.33. The van der Waals surface area contributed by atoms with Crippen molar-refractivity contribution in [3.63, 3.8) is 0 Å². The van der Waals surface area contributed by atoms with Gasteiger partial charge in [0.2, 0.25) is 5.95 Å². The summed E-state index contributed by atoms with van der Waals surface area (Å²) in [5, 5.41) is 4.26. The minimum atomic E-state index is 0.300. The lowest BCUT2D eigenvalue weighted by molar-refractivity contribution is 0.249. The number of fused-ring (bicyclic) bond motifs is 3. The van der Waals surface area contributed by atoms with Crippen LogP contribution in [0.25, 0.3) is 21.9 Å². The highest BCUT2D eigenvalue weighted by Crippen LogP contribution is 2.27. The molecule has 0 radical (unpaired) electrons. The number of imidazole rings is 1. The molecular formula is C24H30N8. The van der Waals surface area contributed by atoms with Crippen LogP contribution in [0.15, 0.2) is 43.0 Å². The van der Waals surface area contributed by atoms with E-state index in [-0.39, 0.29) is 0 Å². The van der Waals surface area contributed by atoms with E-state index in [0.717, 1.165) is 46.5 Å². The predicted molar refractivity (Wildman–Crippen MR) is 130 cm³/mol. The standard InChI is InChI=1S/C24H30N8/c1-16(2)32-15-27-20-7-5-17-13-26-24(29-22(17)23(20)32)28-21-8-6-19(14-25-21)31-11-9-18(10-12-31)30(3)4/h5-8,13-16,18H,9-12H2,1-4H3,(H,25,26,28,29). The van der Waals surface area contributed by atoms with Gasteiger partial charge in [0.1, 0.15) is 11.3 Å². The number of aromatic nitrogens is 5. The Morgan fingerprint density at radius 3 is 2.50 bits per heavy atom. The van der Waals surface area contributed by atoms with Crippen LogP contribution in [0.2, 0.25) is 0 Å². The maximum Gasteiger partial charge on any atom is 0.228 e. The van der Waals surface area contributed by atoms with Crippen LogP contribution in [0.3, 0.4) is 0 Å². The first kappa shape index (κ1) is 20.6. The minimum absolute atomic E-state index is 0.300. The molecule has 166 valence electrons. The number of nitrogens with zero attached hydrogens (tertiary/aromatic N) is 7. The highest BCUT2D eigenvalue weighted by atomic mass is 15.2. The van der Waals surface area contributed by atoms with E-state index in [4.69, 9.17) is 4.98 Å². The fourth-order valence-corrected chi connectivity index (χ4v) is 4.47. The molecule has 0 atom stereocenters. The van der Waals surface area contributed by atoms with Crippen molar-refractivity contribution in [1.29, 1.82) is 0 Å². The molecule has 3 aromatic heterocycles. The Labute approximate surface area is 188 Å². The zero-order valence-corrected chi connectivity index (χ0v) is 19.2. The van der Waals surface area contributed by atoms with Crippen LogP contribution in [-0.4, -0.2) is 62.6 Å². The Morgan fingerprint density at radius 2 is 1.81 bits per heavy atom. The molecule has 8 nitrogen and oxygen atoms in total. The number of hydrogen-bond donors (Lipinski definition) is 1. The van der Waals surface area contributed by atoms with E-state index >= 15 is 0 Å². The topological polar surface area (TPSA) is 75.0 Å². The summed E-state index contributed by atoms with van der Waals surface area (Å²) in [6, 6.07) is 9.14. The van der Waals surface area contributed by atoms with Crippen molar-refractivity contribution in [2.45, 2.75) is 38.8 Å². The second-order valence-corrected chi connectivity index (χ2v) is 9.02. The first-order chi connectivity index (χ1) is 15.5. The van der Waals surface area contributed by atoms with Crippen LogP contribution in [0.4, 0.5) is 17.5 Å². The summed E-state index contributed by atoms with van der Waals surface area (Å²) < 4.78 is 2.15. The van der Waals surface area contributed by atoms with Crippen molar-refractivity contribution in [1.82, 2.24) is 29.4 Å². The average Bonchev–Trinajstić information content (AvgIpc) is 3.25. The number of piperidine rings is 1. The van der Waals surface area contributed by atoms with Crippen LogP contribution in [-0.2, 0) is 0 Å². The number of anilines is 3. The van der Waals surface area contributed by atoms with Crippen LogP contribution < -0.4 is 10.2 Å². The van der Waals surface area contributed by atoms with Gasteiger partial charge in [0, 0.05) is 36.8 Å². The first-order valence-electron chi connectivity index (χ1n) is 11.3. The van der Waals surface area contributed by atoms with E-state index < -0.39 is 0 Å². The van der Waals surface area contributed by atoms with Crippen LogP contribution >= 0.6 is 0 Å². The van der Waals surface area contributed by atoms with Crippen LogP contribution in [0.1, 0.15) is 32.7 Å². The summed E-state index contributed by atoms with van der Waals surface area (Å²) in [5.41, 5.74) is 4.03. The highest BCUT2D eigenvalue weighted by Gasteiger charge is 2.21. The summed E-state index contributed by atoms with van der Waals surface area (Å²) >= 11 is 0. The smallest absolute Gasteiger partial charge is 0.228 e. The highest BCUT2D eigenvalue weighted by molar-refractivity contribution is 6.02. The molecule has 4 aromatic rings. The molecule has 1 aliphatic rings. The maximum absolute atomic E-state index is 4.81. The van der Waals surface area contributed by atoms with Gasteiger partial charge in [0.15, 0.2) is 0 Å². The summed E-state index contributed by atoms with van der Waals surface area (Å²) in [6.07, 6.45) is 8.03. The Hall–Kier alpha value is -3.26. The quantitative estimate of drug-likeness (QED) is 0.508. The summed E-state index contributed by atoms with van der Waals surface area (Å²) in [5.74, 6) is 1.27. The van der Waals surface area contributed by atoms with Gasteiger partial charge in [-0.25, -0.2) is 19.9 Å². The predicted octanol–water partition coefficient (Wildman–Crippen LogP) is 4.23. The molecule has 0 unspecified atom stereocenters. The number of nitrogens with one attached hydrogen (secondary N) is 1. The molecule has 0 saturated carbocycles. The lowest BCUT2D eigenvalue weighted by Crippen LogP contribution is -2.42. The lowest BCUT2D eigenvalue weighted by atomic mass is 10.0. The third-order valence-electron chi connectivity index (χ3n) is 6.39. The van der Waals surface area contributed by atoms with Crippen molar-refractivity contribution in [2.24, 2.45) is 0 Å². The molecule has 0 aliphatic carbocycles. The van der Waals surface area contributed by atoms with Gasteiger partial charge >= 0.3 is 0 Å². The zero-order valence-electron chi connectivity index (χ0n) is 19.2. The molecular weight excluding hydrogens is 400 g/mol. The molecule has 0 amide bonds. The Morgan fingerprint density at radius 1 is 1.00 bits per heavy atom. The van der Waals surface area contributed by atoms with Crippen molar-refractivity contribution in [3.05, 3.63) is 43.0 Å². The third kappa shape index (κ3) is 3.86. The SMILES string of the molecule is CC(C)n1cnc2ccc3cnc(Nc4ccc(N5CCC(N(C)C)CC5)cn4)nc3c21. The van der Waals surface area contributed by atoms with Gasteiger partial charge in [-0.2, -0.15) is 0 Å². The maximum atomic E-state index is 4.81. The second-order valence-electron chi connectivity index (χ2n) is 9.02. The van der Waals surface area contributed by atoms with Gasteiger partial charge in [-0.3, -0.25) is 0 Å². The average molecular weight is 431 g/mol. The normalized spacial score (nSPS) is 15.4. The van der Waals surface area contributed by atoms with Crippen molar-refractivity contribution >= 4 is 39.4 Å². The van der Waals surface area contributed by atoms with Crippen molar-refractivity contribution < 1.29 is 0 Å². The van der Waals surface area contributed by atoms with Crippen molar-refractivity contribution in [3.8, 4) is 0 Å².